The molecule has 2 atom stereocenters. The van der Waals surface area contributed by atoms with Gasteiger partial charge in [-0.1, -0.05) is 66.2 Å². The molecule has 7 aromatic heterocycles. The van der Waals surface area contributed by atoms with Crippen LogP contribution in [0.3, 0.4) is 0 Å². The molecule has 0 bridgehead atoms. The molecule has 3 aromatic carbocycles. The number of benzene rings is 3. The quantitative estimate of drug-likeness (QED) is 0.0351. The average Bonchev–Trinajstić information content (AvgIpc) is 1.51. The van der Waals surface area contributed by atoms with Gasteiger partial charge in [-0.3, -0.25) is 9.59 Å². The van der Waals surface area contributed by atoms with Crippen molar-refractivity contribution >= 4 is 164 Å². The summed E-state index contributed by atoms with van der Waals surface area (Å²) in [6.45, 7) is 27.8. The summed E-state index contributed by atoms with van der Waals surface area (Å²) < 4.78 is 80.4. The number of aryl methyl sites for hydroxylation is 1. The summed E-state index contributed by atoms with van der Waals surface area (Å²) in [7, 11) is 0. The lowest BCUT2D eigenvalue weighted by Gasteiger charge is -2.20. The summed E-state index contributed by atoms with van der Waals surface area (Å²) in [5.74, 6) is 23.3. The van der Waals surface area contributed by atoms with Crippen molar-refractivity contribution in [1.82, 2.24) is 17.9 Å². The second kappa shape index (κ2) is 25.6. The number of thiophene rings is 4. The molecular formula is C73H44F4N8O2S5. The molecule has 0 radical (unpaired) electrons. The van der Waals surface area contributed by atoms with Gasteiger partial charge >= 0.3 is 0 Å². The summed E-state index contributed by atoms with van der Waals surface area (Å²) in [6, 6.07) is 7.09. The second-order valence-electron chi connectivity index (χ2n) is 22.0. The number of Topliss-reactive ketones (excluding diaryl/α,β-unsaturated/α-hetero) is 2. The number of nitriles is 2. The molecule has 92 heavy (non-hydrogen) atoms. The smallest absolute Gasteiger partial charge is 0.270 e. The SMILES string of the molecule is [C-]#[N+]C(C#N)=C1/C(=C/c2sc3c(sc4c5c6nsnc6c6c7sc8c(C)c(/C=C9\C(=O)c%10cc(F)c(F)cc%10\C9=C(\C#N)[N+]#[C-])sc8c7n(CC(CC)CCCC)c6c5n(CC(CC)CCCC)c34)c2C#CC#CC#CC#CC#CC#C)C(=O)c2cc(F)c(F)cc21. The van der Waals surface area contributed by atoms with Crippen LogP contribution in [0.15, 0.2) is 46.8 Å². The Kier molecular flexibility index (Phi) is 17.2. The highest BCUT2D eigenvalue weighted by Crippen LogP contribution is 2.56. The van der Waals surface area contributed by atoms with E-state index in [1.165, 1.54) is 34.0 Å². The molecule has 0 saturated carbocycles. The molecule has 0 amide bonds. The molecule has 0 aliphatic heterocycles. The van der Waals surface area contributed by atoms with Gasteiger partial charge in [-0.05, 0) is 150 Å². The Morgan fingerprint density at radius 2 is 1.01 bits per heavy atom. The van der Waals surface area contributed by atoms with E-state index in [1.807, 2.05) is 19.1 Å². The van der Waals surface area contributed by atoms with E-state index >= 15 is 4.39 Å². The van der Waals surface area contributed by atoms with E-state index in [0.717, 1.165) is 159 Å². The van der Waals surface area contributed by atoms with Crippen LogP contribution in [0.2, 0.25) is 0 Å². The average molecular weight is 1300 g/mol. The normalized spacial score (nSPS) is 15.0. The van der Waals surface area contributed by atoms with Gasteiger partial charge in [-0.25, -0.2) is 37.8 Å². The number of hydrogen-bond donors (Lipinski definition) is 0. The van der Waals surface area contributed by atoms with Crippen molar-refractivity contribution in [3.63, 3.8) is 0 Å². The molecule has 2 aliphatic carbocycles. The summed E-state index contributed by atoms with van der Waals surface area (Å²) in [5, 5.41) is 22.3. The number of halogens is 4. The molecule has 0 saturated heterocycles. The number of unbranched alkanes of at least 4 members (excludes halogenated alkanes) is 2. The first-order chi connectivity index (χ1) is 44.7. The summed E-state index contributed by atoms with van der Waals surface area (Å²) in [4.78, 5) is 36.9. The molecule has 2 aliphatic rings. The van der Waals surface area contributed by atoms with Crippen LogP contribution in [0.5, 0.6) is 0 Å². The van der Waals surface area contributed by atoms with E-state index in [4.69, 9.17) is 28.3 Å². The Morgan fingerprint density at radius 3 is 1.46 bits per heavy atom. The van der Waals surface area contributed by atoms with Gasteiger partial charge < -0.3 is 9.13 Å². The number of hydrogen-bond acceptors (Lipinski definition) is 11. The highest BCUT2D eigenvalue weighted by molar-refractivity contribution is 7.35. The van der Waals surface area contributed by atoms with Crippen molar-refractivity contribution in [2.24, 2.45) is 11.8 Å². The van der Waals surface area contributed by atoms with Gasteiger partial charge in [0.25, 0.3) is 11.4 Å². The van der Waals surface area contributed by atoms with Crippen LogP contribution in [0, 0.1) is 149 Å². The topological polar surface area (TPSA) is 126 Å². The third kappa shape index (κ3) is 10.2. The molecule has 0 fully saturated rings. The van der Waals surface area contributed by atoms with Crippen molar-refractivity contribution in [1.29, 1.82) is 10.5 Å². The number of ketones is 2. The fourth-order valence-corrected chi connectivity index (χ4v) is 18.6. The first-order valence-electron chi connectivity index (χ1n) is 29.3. The molecular weight excluding hydrogens is 1260 g/mol. The maximum absolute atomic E-state index is 15.1. The van der Waals surface area contributed by atoms with E-state index in [9.17, 15) is 33.3 Å². The molecule has 10 nitrogen and oxygen atoms in total. The lowest BCUT2D eigenvalue weighted by Crippen LogP contribution is -2.13. The number of rotatable bonds is 14. The standard InChI is InChI=1S/C73H44F4N8O2S5/c1-9-14-17-18-19-20-21-22-23-24-27-41-55(33-47-57(53(35-79)81-8)43-29-49(75)51(77)31-45(43)67(47)87)89-73-65-71(91-69(41)73)59-61-60(82-92-83-61)58-62(63(59)85(65)37-40(13-5)26-16-11-3)84(36-39(12-4)25-15-10-2)64-70(58)90-68-38(6)54(88-72(64)68)32-46-56(52(34-78)80-7)42-28-48(74)50(76)30-44(42)66(46)86/h1,28-33,39-40H,10-13,15-16,25-26,36-37H2,2-6H3/b46-32-,47-33-,56-52+,57-53?. The van der Waals surface area contributed by atoms with Gasteiger partial charge in [0.15, 0.2) is 34.8 Å². The molecule has 12 rings (SSSR count). The van der Waals surface area contributed by atoms with Crippen molar-refractivity contribution in [3.8, 4) is 83.7 Å². The van der Waals surface area contributed by atoms with Crippen LogP contribution in [-0.4, -0.2) is 29.4 Å². The minimum atomic E-state index is -1.26. The molecule has 7 heterocycles. The van der Waals surface area contributed by atoms with Crippen molar-refractivity contribution in [3.05, 3.63) is 136 Å². The lowest BCUT2D eigenvalue weighted by atomic mass is 9.99. The molecule has 10 aromatic rings. The van der Waals surface area contributed by atoms with Crippen molar-refractivity contribution in [2.75, 3.05) is 0 Å². The van der Waals surface area contributed by atoms with Crippen LogP contribution in [0.4, 0.5) is 17.6 Å². The van der Waals surface area contributed by atoms with Gasteiger partial charge in [-0.15, -0.1) is 51.8 Å². The minimum absolute atomic E-state index is 0.00104. The Labute approximate surface area is 546 Å². The Balaban J connectivity index is 1.18. The van der Waals surface area contributed by atoms with Crippen molar-refractivity contribution in [2.45, 2.75) is 99.1 Å². The predicted octanol–water partition coefficient (Wildman–Crippen LogP) is 18.6. The van der Waals surface area contributed by atoms with Gasteiger partial charge in [0.2, 0.25) is 0 Å². The highest BCUT2D eigenvalue weighted by atomic mass is 32.1. The van der Waals surface area contributed by atoms with Crippen LogP contribution in [0.25, 0.3) is 105 Å². The fraction of sp³-hybridized carbons (Fsp3) is 0.233. The maximum Gasteiger partial charge on any atom is 0.270 e. The van der Waals surface area contributed by atoms with Gasteiger partial charge in [0.1, 0.15) is 11.0 Å². The Bertz CT molecular complexity index is 5670. The van der Waals surface area contributed by atoms with E-state index in [1.54, 1.807) is 23.5 Å². The number of carbonyl (C=O) groups is 2. The zero-order valence-corrected chi connectivity index (χ0v) is 53.8. The molecule has 2 unspecified atom stereocenters. The van der Waals surface area contributed by atoms with Gasteiger partial charge in [0.05, 0.1) is 92.8 Å². The summed E-state index contributed by atoms with van der Waals surface area (Å²) >= 11 is 7.08. The fourth-order valence-electron chi connectivity index (χ4n) is 12.4. The van der Waals surface area contributed by atoms with E-state index in [2.05, 4.69) is 112 Å². The number of terminal acetylenes is 1. The third-order valence-corrected chi connectivity index (χ3v) is 22.6. The molecule has 0 spiro atoms. The van der Waals surface area contributed by atoms with Gasteiger partial charge in [-0.2, -0.15) is 8.75 Å². The van der Waals surface area contributed by atoms with E-state index < -0.39 is 46.2 Å². The largest absolute Gasteiger partial charge is 0.337 e. The minimum Gasteiger partial charge on any atom is -0.337 e. The Hall–Kier alpha value is -10.3. The zero-order valence-electron chi connectivity index (χ0n) is 49.7. The first kappa shape index (κ1) is 62.0. The third-order valence-electron chi connectivity index (χ3n) is 16.8. The van der Waals surface area contributed by atoms with Crippen LogP contribution in [0.1, 0.15) is 132 Å². The summed E-state index contributed by atoms with van der Waals surface area (Å²) in [5.41, 5.74) is 5.03. The Morgan fingerprint density at radius 1 is 0.587 bits per heavy atom. The number of nitrogens with zero attached hydrogens (tertiary/aromatic N) is 8. The predicted molar refractivity (Wildman–Crippen MR) is 364 cm³/mol. The zero-order chi connectivity index (χ0) is 64.8. The molecule has 19 heteroatoms. The van der Waals surface area contributed by atoms with Crippen LogP contribution in [-0.2, 0) is 13.1 Å². The molecule has 446 valence electrons. The number of carbonyl (C=O) groups excluding carboxylic acids is 2. The summed E-state index contributed by atoms with van der Waals surface area (Å²) in [6.07, 6.45) is 16.0. The lowest BCUT2D eigenvalue weighted by molar-refractivity contribution is 0.103. The highest BCUT2D eigenvalue weighted by Gasteiger charge is 2.38. The second-order valence-corrected chi connectivity index (χ2v) is 26.6. The van der Waals surface area contributed by atoms with E-state index in [0.29, 0.717) is 33.9 Å². The van der Waals surface area contributed by atoms with Crippen molar-refractivity contribution < 1.29 is 27.2 Å². The molecule has 0 N–H and O–H groups in total. The monoisotopic (exact) mass is 1300 g/mol. The number of aromatic nitrogens is 4. The first-order valence-corrected chi connectivity index (χ1v) is 33.3. The maximum atomic E-state index is 15.1. The van der Waals surface area contributed by atoms with Gasteiger partial charge in [0, 0.05) is 67.0 Å². The number of fused-ring (bicyclic) bond motifs is 16. The number of allylic oxidation sites excluding steroid dienone is 6. The van der Waals surface area contributed by atoms with E-state index in [-0.39, 0.29) is 56.4 Å². The van der Waals surface area contributed by atoms with Crippen LogP contribution < -0.4 is 0 Å². The van der Waals surface area contributed by atoms with Crippen LogP contribution >= 0.6 is 57.1 Å².